The van der Waals surface area contributed by atoms with E-state index < -0.39 is 42.0 Å². The fraction of sp³-hybridized carbons (Fsp3) is 0.524. The Morgan fingerprint density at radius 2 is 1.80 bits per heavy atom. The second-order valence-corrected chi connectivity index (χ2v) is 7.13. The SMILES string of the molecule is CCC1(CC)NC(=O)N(CC(=O)O[C@H](C)C(=O)NCCc2ccc(OC)cc2)C1=O. The molecule has 164 valence electrons. The Kier molecular flexibility index (Phi) is 7.79. The average molecular weight is 419 g/mol. The number of benzene rings is 1. The standard InChI is InChI=1S/C21H29N3O6/c1-5-21(6-2)19(27)24(20(28)23-21)13-17(25)30-14(3)18(26)22-12-11-15-7-9-16(29-4)10-8-15/h7-10,14H,5-6,11-13H2,1-4H3,(H,22,26)(H,23,28)/t14-/m1/s1. The van der Waals surface area contributed by atoms with Crippen LogP contribution in [-0.2, 0) is 25.5 Å². The van der Waals surface area contributed by atoms with Crippen LogP contribution in [0, 0.1) is 0 Å². The lowest BCUT2D eigenvalue weighted by atomic mass is 9.93. The first kappa shape index (κ1) is 23.2. The van der Waals surface area contributed by atoms with Crippen LogP contribution < -0.4 is 15.4 Å². The third kappa shape index (κ3) is 5.28. The van der Waals surface area contributed by atoms with E-state index in [1.165, 1.54) is 6.92 Å². The number of nitrogens with zero attached hydrogens (tertiary/aromatic N) is 1. The van der Waals surface area contributed by atoms with E-state index in [0.717, 1.165) is 16.2 Å². The number of methoxy groups -OCH3 is 1. The van der Waals surface area contributed by atoms with Crippen molar-refractivity contribution in [2.75, 3.05) is 20.2 Å². The van der Waals surface area contributed by atoms with Crippen molar-refractivity contribution in [1.29, 1.82) is 0 Å². The summed E-state index contributed by atoms with van der Waals surface area (Å²) in [6.07, 6.45) is 0.407. The molecular formula is C21H29N3O6. The van der Waals surface area contributed by atoms with Gasteiger partial charge in [-0.1, -0.05) is 26.0 Å². The molecule has 1 heterocycles. The van der Waals surface area contributed by atoms with E-state index in [-0.39, 0.29) is 0 Å². The first-order valence-corrected chi connectivity index (χ1v) is 10.0. The molecule has 1 aromatic carbocycles. The highest BCUT2D eigenvalue weighted by atomic mass is 16.5. The number of urea groups is 1. The molecule has 4 amide bonds. The number of nitrogens with one attached hydrogen (secondary N) is 2. The van der Waals surface area contributed by atoms with E-state index in [1.807, 2.05) is 24.3 Å². The van der Waals surface area contributed by atoms with Crippen LogP contribution in [0.25, 0.3) is 0 Å². The van der Waals surface area contributed by atoms with Crippen LogP contribution in [-0.4, -0.2) is 60.6 Å². The smallest absolute Gasteiger partial charge is 0.327 e. The van der Waals surface area contributed by atoms with E-state index in [0.29, 0.717) is 25.8 Å². The maximum absolute atomic E-state index is 12.5. The lowest BCUT2D eigenvalue weighted by Crippen LogP contribution is -2.46. The summed E-state index contributed by atoms with van der Waals surface area (Å²) >= 11 is 0. The van der Waals surface area contributed by atoms with Crippen molar-refractivity contribution in [3.8, 4) is 5.75 Å². The number of amides is 4. The molecule has 0 unspecified atom stereocenters. The molecule has 1 aromatic rings. The van der Waals surface area contributed by atoms with Gasteiger partial charge in [0, 0.05) is 6.54 Å². The van der Waals surface area contributed by atoms with Gasteiger partial charge in [-0.15, -0.1) is 0 Å². The van der Waals surface area contributed by atoms with Gasteiger partial charge in [0.1, 0.15) is 17.8 Å². The van der Waals surface area contributed by atoms with E-state index in [9.17, 15) is 19.2 Å². The molecule has 2 N–H and O–H groups in total. The van der Waals surface area contributed by atoms with Crippen LogP contribution in [0.15, 0.2) is 24.3 Å². The van der Waals surface area contributed by atoms with E-state index in [2.05, 4.69) is 10.6 Å². The quantitative estimate of drug-likeness (QED) is 0.438. The van der Waals surface area contributed by atoms with Crippen molar-refractivity contribution in [3.63, 3.8) is 0 Å². The topological polar surface area (TPSA) is 114 Å². The molecule has 9 heteroatoms. The molecule has 9 nitrogen and oxygen atoms in total. The Balaban J connectivity index is 1.79. The monoisotopic (exact) mass is 419 g/mol. The second kappa shape index (κ2) is 10.1. The van der Waals surface area contributed by atoms with Crippen LogP contribution in [0.1, 0.15) is 39.2 Å². The zero-order valence-electron chi connectivity index (χ0n) is 17.8. The summed E-state index contributed by atoms with van der Waals surface area (Å²) in [7, 11) is 1.59. The highest BCUT2D eigenvalue weighted by Crippen LogP contribution is 2.24. The van der Waals surface area contributed by atoms with Gasteiger partial charge in [-0.05, 0) is 43.9 Å². The van der Waals surface area contributed by atoms with Crippen molar-refractivity contribution in [2.45, 2.75) is 51.7 Å². The summed E-state index contributed by atoms with van der Waals surface area (Å²) in [5.74, 6) is -0.973. The van der Waals surface area contributed by atoms with Gasteiger partial charge in [0.25, 0.3) is 11.8 Å². The summed E-state index contributed by atoms with van der Waals surface area (Å²) in [5.41, 5.74) is 0.0385. The number of rotatable bonds is 10. The lowest BCUT2D eigenvalue weighted by molar-refractivity contribution is -0.156. The Morgan fingerprint density at radius 3 is 2.33 bits per heavy atom. The predicted molar refractivity (Wildman–Crippen MR) is 109 cm³/mol. The molecule has 30 heavy (non-hydrogen) atoms. The zero-order valence-corrected chi connectivity index (χ0v) is 17.8. The van der Waals surface area contributed by atoms with Gasteiger partial charge < -0.3 is 20.1 Å². The fourth-order valence-corrected chi connectivity index (χ4v) is 3.23. The molecule has 1 fully saturated rings. The normalized spacial score (nSPS) is 16.1. The Morgan fingerprint density at radius 1 is 1.17 bits per heavy atom. The number of hydrogen-bond donors (Lipinski definition) is 2. The predicted octanol–water partition coefficient (Wildman–Crippen LogP) is 1.40. The number of hydrogen-bond acceptors (Lipinski definition) is 6. The van der Waals surface area contributed by atoms with Crippen molar-refractivity contribution in [3.05, 3.63) is 29.8 Å². The molecular weight excluding hydrogens is 390 g/mol. The summed E-state index contributed by atoms with van der Waals surface area (Å²) < 4.78 is 10.2. The minimum atomic E-state index is -1.05. The Bertz CT molecular complexity index is 788. The van der Waals surface area contributed by atoms with Gasteiger partial charge in [-0.2, -0.15) is 0 Å². The zero-order chi connectivity index (χ0) is 22.3. The van der Waals surface area contributed by atoms with Crippen LogP contribution in [0.3, 0.4) is 0 Å². The molecule has 0 bridgehead atoms. The maximum atomic E-state index is 12.5. The number of imide groups is 1. The summed E-state index contributed by atoms with van der Waals surface area (Å²) in [4.78, 5) is 49.8. The first-order chi connectivity index (χ1) is 14.3. The number of carbonyl (C=O) groups excluding carboxylic acids is 4. The van der Waals surface area contributed by atoms with Crippen LogP contribution >= 0.6 is 0 Å². The van der Waals surface area contributed by atoms with E-state index in [1.54, 1.807) is 21.0 Å². The van der Waals surface area contributed by atoms with Crippen molar-refractivity contribution in [1.82, 2.24) is 15.5 Å². The van der Waals surface area contributed by atoms with E-state index in [4.69, 9.17) is 9.47 Å². The molecule has 0 aliphatic carbocycles. The molecule has 1 aliphatic rings. The Hall–Kier alpha value is -3.10. The highest BCUT2D eigenvalue weighted by Gasteiger charge is 2.49. The van der Waals surface area contributed by atoms with Crippen molar-refractivity contribution < 1.29 is 28.7 Å². The molecule has 0 saturated carbocycles. The van der Waals surface area contributed by atoms with Crippen LogP contribution in [0.2, 0.25) is 0 Å². The minimum Gasteiger partial charge on any atom is -0.497 e. The maximum Gasteiger partial charge on any atom is 0.327 e. The number of esters is 1. The fourth-order valence-electron chi connectivity index (χ4n) is 3.23. The Labute approximate surface area is 176 Å². The van der Waals surface area contributed by atoms with E-state index >= 15 is 0 Å². The number of ether oxygens (including phenoxy) is 2. The summed E-state index contributed by atoms with van der Waals surface area (Å²) in [6, 6.07) is 6.85. The summed E-state index contributed by atoms with van der Waals surface area (Å²) in [5, 5.41) is 5.34. The average Bonchev–Trinajstić information content (AvgIpc) is 2.98. The summed E-state index contributed by atoms with van der Waals surface area (Å²) in [6.45, 7) is 4.87. The highest BCUT2D eigenvalue weighted by molar-refractivity contribution is 6.08. The largest absolute Gasteiger partial charge is 0.497 e. The third-order valence-corrected chi connectivity index (χ3v) is 5.29. The number of carbonyl (C=O) groups is 4. The molecule has 0 radical (unpaired) electrons. The molecule has 1 aliphatic heterocycles. The third-order valence-electron chi connectivity index (χ3n) is 5.29. The second-order valence-electron chi connectivity index (χ2n) is 7.13. The molecule has 0 spiro atoms. The minimum absolute atomic E-state index is 0.371. The van der Waals surface area contributed by atoms with Gasteiger partial charge >= 0.3 is 12.0 Å². The van der Waals surface area contributed by atoms with Crippen molar-refractivity contribution >= 4 is 23.8 Å². The van der Waals surface area contributed by atoms with Gasteiger partial charge in [0.15, 0.2) is 6.10 Å². The molecule has 1 atom stereocenters. The first-order valence-electron chi connectivity index (χ1n) is 10.0. The van der Waals surface area contributed by atoms with Gasteiger partial charge in [-0.3, -0.25) is 19.3 Å². The van der Waals surface area contributed by atoms with Crippen molar-refractivity contribution in [2.24, 2.45) is 0 Å². The molecule has 1 saturated heterocycles. The van der Waals surface area contributed by atoms with Crippen LogP contribution in [0.4, 0.5) is 4.79 Å². The van der Waals surface area contributed by atoms with Gasteiger partial charge in [-0.25, -0.2) is 4.79 Å². The van der Waals surface area contributed by atoms with Crippen LogP contribution in [0.5, 0.6) is 5.75 Å². The lowest BCUT2D eigenvalue weighted by Gasteiger charge is -2.23. The van der Waals surface area contributed by atoms with Gasteiger partial charge in [0.05, 0.1) is 7.11 Å². The van der Waals surface area contributed by atoms with Gasteiger partial charge in [0.2, 0.25) is 0 Å². The molecule has 0 aromatic heterocycles. The molecule has 2 rings (SSSR count).